The van der Waals surface area contributed by atoms with Gasteiger partial charge >= 0.3 is 0 Å². The number of benzene rings is 2. The van der Waals surface area contributed by atoms with Crippen LogP contribution in [0.1, 0.15) is 43.1 Å². The lowest BCUT2D eigenvalue weighted by molar-refractivity contribution is 0.159. The Morgan fingerprint density at radius 3 is 2.46 bits per heavy atom. The Bertz CT molecular complexity index is 641. The topological polar surface area (TPSA) is 72.7 Å². The normalized spacial score (nSPS) is 13.0. The largest absolute Gasteiger partial charge is 0.508 e. The second-order valence-corrected chi connectivity index (χ2v) is 6.81. The van der Waals surface area contributed by atoms with Crippen LogP contribution in [-0.2, 0) is 13.0 Å². The average Bonchev–Trinajstić information content (AvgIpc) is 2.59. The highest BCUT2D eigenvalue weighted by atomic mass is 16.3. The first-order valence-corrected chi connectivity index (χ1v) is 8.31. The van der Waals surface area contributed by atoms with Crippen LogP contribution in [0, 0.1) is 0 Å². The Hall–Kier alpha value is -1.88. The monoisotopic (exact) mass is 329 g/mol. The van der Waals surface area contributed by atoms with Crippen molar-refractivity contribution in [1.82, 2.24) is 5.32 Å². The predicted octanol–water partition coefficient (Wildman–Crippen LogP) is 2.92. The molecule has 24 heavy (non-hydrogen) atoms. The van der Waals surface area contributed by atoms with Gasteiger partial charge in [0.15, 0.2) is 0 Å². The van der Waals surface area contributed by atoms with Crippen LogP contribution in [0.15, 0.2) is 48.5 Å². The molecule has 4 heteroatoms. The van der Waals surface area contributed by atoms with Gasteiger partial charge in [0, 0.05) is 17.6 Å². The summed E-state index contributed by atoms with van der Waals surface area (Å²) >= 11 is 0. The van der Waals surface area contributed by atoms with Crippen molar-refractivity contribution in [3.8, 4) is 5.75 Å². The second kappa shape index (κ2) is 8.29. The number of aromatic hydroxyl groups is 1. The van der Waals surface area contributed by atoms with Crippen LogP contribution in [0.25, 0.3) is 0 Å². The molecule has 1 atom stereocenters. The fourth-order valence-electron chi connectivity index (χ4n) is 2.62. The van der Waals surface area contributed by atoms with E-state index in [1.54, 1.807) is 12.1 Å². The van der Waals surface area contributed by atoms with E-state index in [1.165, 1.54) is 11.6 Å². The molecule has 0 aliphatic heterocycles. The van der Waals surface area contributed by atoms with Crippen molar-refractivity contribution >= 4 is 0 Å². The van der Waals surface area contributed by atoms with E-state index in [-0.39, 0.29) is 17.9 Å². The molecule has 0 heterocycles. The maximum Gasteiger partial charge on any atom is 0.121 e. The van der Waals surface area contributed by atoms with E-state index in [0.717, 1.165) is 12.8 Å². The van der Waals surface area contributed by atoms with Crippen LogP contribution >= 0.6 is 0 Å². The fourth-order valence-corrected chi connectivity index (χ4v) is 2.62. The van der Waals surface area contributed by atoms with Gasteiger partial charge in [-0.25, -0.2) is 0 Å². The molecule has 0 aliphatic rings. The lowest BCUT2D eigenvalue weighted by Gasteiger charge is -2.28. The van der Waals surface area contributed by atoms with Gasteiger partial charge in [-0.1, -0.05) is 36.4 Å². The third-order valence-electron chi connectivity index (χ3n) is 4.31. The molecule has 0 spiro atoms. The standard InChI is InChI=1S/C20H27NO3/c1-20(2,11-10-15-6-4-3-5-7-15)21-13-19(24)16-8-9-18(23)17(12-16)14-22/h3-9,12,19,21-24H,10-11,13-14H2,1-2H3/t19-/m0/s1. The molecular weight excluding hydrogens is 302 g/mol. The van der Waals surface area contributed by atoms with Crippen LogP contribution < -0.4 is 5.32 Å². The molecular formula is C20H27NO3. The molecule has 0 fully saturated rings. The SMILES string of the molecule is CC(C)(CCc1ccccc1)NC[C@H](O)c1ccc(O)c(CO)c1. The Balaban J connectivity index is 1.88. The lowest BCUT2D eigenvalue weighted by atomic mass is 9.94. The number of nitrogens with one attached hydrogen (secondary N) is 1. The first-order chi connectivity index (χ1) is 11.4. The minimum Gasteiger partial charge on any atom is -0.508 e. The van der Waals surface area contributed by atoms with Gasteiger partial charge in [-0.05, 0) is 49.9 Å². The number of aliphatic hydroxyl groups is 2. The first kappa shape index (κ1) is 18.5. The van der Waals surface area contributed by atoms with Crippen molar-refractivity contribution < 1.29 is 15.3 Å². The molecule has 0 saturated heterocycles. The van der Waals surface area contributed by atoms with Gasteiger partial charge in [-0.15, -0.1) is 0 Å². The summed E-state index contributed by atoms with van der Waals surface area (Å²) in [7, 11) is 0. The summed E-state index contributed by atoms with van der Waals surface area (Å²) < 4.78 is 0. The van der Waals surface area contributed by atoms with Gasteiger partial charge in [-0.3, -0.25) is 0 Å². The Morgan fingerprint density at radius 2 is 1.79 bits per heavy atom. The Labute approximate surface area is 143 Å². The molecule has 0 amide bonds. The van der Waals surface area contributed by atoms with Crippen LogP contribution in [-0.4, -0.2) is 27.4 Å². The van der Waals surface area contributed by atoms with Crippen LogP contribution in [0.4, 0.5) is 0 Å². The van der Waals surface area contributed by atoms with Crippen molar-refractivity contribution in [2.24, 2.45) is 0 Å². The van der Waals surface area contributed by atoms with E-state index in [0.29, 0.717) is 17.7 Å². The quantitative estimate of drug-likeness (QED) is 0.601. The van der Waals surface area contributed by atoms with Gasteiger partial charge in [0.25, 0.3) is 0 Å². The molecule has 0 aliphatic carbocycles. The highest BCUT2D eigenvalue weighted by Gasteiger charge is 2.19. The predicted molar refractivity (Wildman–Crippen MR) is 95.8 cm³/mol. The molecule has 0 radical (unpaired) electrons. The zero-order valence-electron chi connectivity index (χ0n) is 14.4. The molecule has 0 saturated carbocycles. The average molecular weight is 329 g/mol. The smallest absolute Gasteiger partial charge is 0.121 e. The number of hydrogen-bond acceptors (Lipinski definition) is 4. The van der Waals surface area contributed by atoms with E-state index >= 15 is 0 Å². The molecule has 2 aromatic rings. The van der Waals surface area contributed by atoms with Gasteiger partial charge < -0.3 is 20.6 Å². The number of hydrogen-bond donors (Lipinski definition) is 4. The Kier molecular flexibility index (Phi) is 6.37. The van der Waals surface area contributed by atoms with Crippen molar-refractivity contribution in [2.45, 2.75) is 44.9 Å². The molecule has 0 unspecified atom stereocenters. The molecule has 2 aromatic carbocycles. The lowest BCUT2D eigenvalue weighted by Crippen LogP contribution is -2.42. The van der Waals surface area contributed by atoms with Crippen molar-refractivity contribution in [1.29, 1.82) is 0 Å². The first-order valence-electron chi connectivity index (χ1n) is 8.31. The van der Waals surface area contributed by atoms with E-state index in [2.05, 4.69) is 31.3 Å². The van der Waals surface area contributed by atoms with Gasteiger partial charge in [0.05, 0.1) is 12.7 Å². The summed E-state index contributed by atoms with van der Waals surface area (Å²) in [6.45, 7) is 4.41. The highest BCUT2D eigenvalue weighted by molar-refractivity contribution is 5.36. The van der Waals surface area contributed by atoms with Crippen LogP contribution in [0.5, 0.6) is 5.75 Å². The Morgan fingerprint density at radius 1 is 1.08 bits per heavy atom. The third-order valence-corrected chi connectivity index (χ3v) is 4.31. The van der Waals surface area contributed by atoms with Crippen LogP contribution in [0.2, 0.25) is 0 Å². The van der Waals surface area contributed by atoms with Crippen LogP contribution in [0.3, 0.4) is 0 Å². The zero-order chi connectivity index (χ0) is 17.6. The fraction of sp³-hybridized carbons (Fsp3) is 0.400. The summed E-state index contributed by atoms with van der Waals surface area (Å²) in [6.07, 6.45) is 1.25. The van der Waals surface area contributed by atoms with E-state index in [4.69, 9.17) is 0 Å². The molecule has 4 N–H and O–H groups in total. The number of β-amino-alcohol motifs (C(OH)–C–C–N with tert-alkyl or cyclic N) is 1. The summed E-state index contributed by atoms with van der Waals surface area (Å²) in [5.41, 5.74) is 2.31. The van der Waals surface area contributed by atoms with Crippen molar-refractivity contribution in [3.05, 3.63) is 65.2 Å². The summed E-state index contributed by atoms with van der Waals surface area (Å²) in [6, 6.07) is 15.2. The molecule has 130 valence electrons. The second-order valence-electron chi connectivity index (χ2n) is 6.81. The summed E-state index contributed by atoms with van der Waals surface area (Å²) in [5, 5.41) is 32.6. The minimum absolute atomic E-state index is 0.0459. The van der Waals surface area contributed by atoms with Gasteiger partial charge in [0.2, 0.25) is 0 Å². The summed E-state index contributed by atoms with van der Waals surface area (Å²) in [4.78, 5) is 0. The minimum atomic E-state index is -0.688. The third kappa shape index (κ3) is 5.34. The molecule has 2 rings (SSSR count). The van der Waals surface area contributed by atoms with E-state index in [9.17, 15) is 15.3 Å². The number of aryl methyl sites for hydroxylation is 1. The zero-order valence-corrected chi connectivity index (χ0v) is 14.4. The maximum absolute atomic E-state index is 10.4. The highest BCUT2D eigenvalue weighted by Crippen LogP contribution is 2.23. The van der Waals surface area contributed by atoms with Crippen molar-refractivity contribution in [3.63, 3.8) is 0 Å². The molecule has 4 nitrogen and oxygen atoms in total. The number of aliphatic hydroxyl groups excluding tert-OH is 2. The number of rotatable bonds is 8. The van der Waals surface area contributed by atoms with Gasteiger partial charge in [-0.2, -0.15) is 0 Å². The van der Waals surface area contributed by atoms with E-state index < -0.39 is 6.10 Å². The van der Waals surface area contributed by atoms with E-state index in [1.807, 2.05) is 18.2 Å². The van der Waals surface area contributed by atoms with Gasteiger partial charge in [0.1, 0.15) is 5.75 Å². The molecule has 0 bridgehead atoms. The number of phenols is 1. The maximum atomic E-state index is 10.4. The van der Waals surface area contributed by atoms with Crippen molar-refractivity contribution in [2.75, 3.05) is 6.54 Å². The summed E-state index contributed by atoms with van der Waals surface area (Å²) in [5.74, 6) is 0.0459. The molecule has 0 aromatic heterocycles.